The zero-order chi connectivity index (χ0) is 17.8. The molecule has 0 bridgehead atoms. The van der Waals surface area contributed by atoms with E-state index in [0.29, 0.717) is 5.92 Å². The van der Waals surface area contributed by atoms with Crippen LogP contribution in [0.2, 0.25) is 0 Å². The average molecular weight is 354 g/mol. The van der Waals surface area contributed by atoms with Crippen molar-refractivity contribution < 1.29 is 0 Å². The van der Waals surface area contributed by atoms with Gasteiger partial charge in [-0.1, -0.05) is 18.2 Å². The molecule has 0 amide bonds. The molecule has 2 fully saturated rings. The lowest BCUT2D eigenvalue weighted by molar-refractivity contribution is 0.163. The van der Waals surface area contributed by atoms with Crippen molar-refractivity contribution >= 4 is 5.69 Å². The van der Waals surface area contributed by atoms with Crippen LogP contribution in [0.25, 0.3) is 0 Å². The smallest absolute Gasteiger partial charge is 0.112 e. The van der Waals surface area contributed by atoms with Crippen LogP contribution >= 0.6 is 0 Å². The Morgan fingerprint density at radius 1 is 0.962 bits per heavy atom. The van der Waals surface area contributed by atoms with Gasteiger partial charge in [0.25, 0.3) is 0 Å². The maximum absolute atomic E-state index is 4.58. The first-order valence-electron chi connectivity index (χ1n) is 10.0. The second-order valence-electron chi connectivity index (χ2n) is 7.70. The third kappa shape index (κ3) is 4.10. The van der Waals surface area contributed by atoms with Crippen molar-refractivity contribution in [2.75, 3.05) is 57.3 Å². The summed E-state index contributed by atoms with van der Waals surface area (Å²) in [5.74, 6) is 1.85. The molecule has 2 aromatic rings. The molecule has 26 heavy (non-hydrogen) atoms. The van der Waals surface area contributed by atoms with Crippen LogP contribution in [0.1, 0.15) is 24.6 Å². The number of piperidine rings is 1. The van der Waals surface area contributed by atoms with Gasteiger partial charge in [0.05, 0.1) is 0 Å². The lowest BCUT2D eigenvalue weighted by atomic mass is 9.97. The Hall–Kier alpha value is -1.85. The van der Waals surface area contributed by atoms with Crippen LogP contribution in [-0.2, 0) is 7.05 Å². The summed E-state index contributed by atoms with van der Waals surface area (Å²) in [6.45, 7) is 9.40. The normalized spacial score (nSPS) is 22.7. The van der Waals surface area contributed by atoms with Crippen LogP contribution in [0.4, 0.5) is 5.69 Å². The summed E-state index contributed by atoms with van der Waals surface area (Å²) in [5, 5.41) is 0. The van der Waals surface area contributed by atoms with Crippen LogP contribution in [-0.4, -0.2) is 71.7 Å². The van der Waals surface area contributed by atoms with Gasteiger partial charge in [0.1, 0.15) is 5.82 Å². The van der Waals surface area contributed by atoms with E-state index in [2.05, 4.69) is 67.8 Å². The van der Waals surface area contributed by atoms with E-state index in [1.165, 1.54) is 57.1 Å². The Bertz CT molecular complexity index is 675. The average Bonchev–Trinajstić information content (AvgIpc) is 3.14. The van der Waals surface area contributed by atoms with Crippen molar-refractivity contribution in [3.8, 4) is 0 Å². The molecule has 1 aromatic heterocycles. The van der Waals surface area contributed by atoms with Gasteiger partial charge in [0.15, 0.2) is 0 Å². The molecule has 0 unspecified atom stereocenters. The number of nitrogens with zero attached hydrogens (tertiary/aromatic N) is 5. The van der Waals surface area contributed by atoms with Gasteiger partial charge in [0.2, 0.25) is 0 Å². The van der Waals surface area contributed by atoms with Gasteiger partial charge in [-0.2, -0.15) is 0 Å². The van der Waals surface area contributed by atoms with Crippen molar-refractivity contribution in [2.45, 2.75) is 18.8 Å². The van der Waals surface area contributed by atoms with Gasteiger partial charge >= 0.3 is 0 Å². The van der Waals surface area contributed by atoms with Crippen molar-refractivity contribution in [3.63, 3.8) is 0 Å². The van der Waals surface area contributed by atoms with Crippen LogP contribution in [0.15, 0.2) is 42.7 Å². The minimum atomic E-state index is 0.596. The minimum absolute atomic E-state index is 0.596. The molecule has 2 aliphatic heterocycles. The van der Waals surface area contributed by atoms with Crippen molar-refractivity contribution in [1.82, 2.24) is 19.4 Å². The van der Waals surface area contributed by atoms with Crippen LogP contribution < -0.4 is 4.90 Å². The van der Waals surface area contributed by atoms with Gasteiger partial charge in [-0.3, -0.25) is 4.90 Å². The monoisotopic (exact) mass is 353 g/mol. The second-order valence-corrected chi connectivity index (χ2v) is 7.70. The van der Waals surface area contributed by atoms with Gasteiger partial charge in [0, 0.05) is 76.9 Å². The highest BCUT2D eigenvalue weighted by atomic mass is 15.3. The Balaban J connectivity index is 1.23. The predicted molar refractivity (Wildman–Crippen MR) is 107 cm³/mol. The fraction of sp³-hybridized carbons (Fsp3) is 0.571. The quantitative estimate of drug-likeness (QED) is 0.825. The fourth-order valence-corrected chi connectivity index (χ4v) is 4.39. The van der Waals surface area contributed by atoms with E-state index in [0.717, 1.165) is 19.6 Å². The SMILES string of the molecule is Cn1ccnc1[C@H]1CCCN(CCN2CCN(c3ccccc3)CC2)C1. The summed E-state index contributed by atoms with van der Waals surface area (Å²) in [5.41, 5.74) is 1.36. The van der Waals surface area contributed by atoms with E-state index >= 15 is 0 Å². The lowest BCUT2D eigenvalue weighted by Gasteiger charge is -2.38. The Labute approximate surface area is 157 Å². The van der Waals surface area contributed by atoms with E-state index in [1.54, 1.807) is 0 Å². The Kier molecular flexibility index (Phi) is 5.56. The molecule has 0 spiro atoms. The Morgan fingerprint density at radius 3 is 2.46 bits per heavy atom. The number of aromatic nitrogens is 2. The molecule has 2 saturated heterocycles. The topological polar surface area (TPSA) is 27.5 Å². The number of aryl methyl sites for hydroxylation is 1. The largest absolute Gasteiger partial charge is 0.369 e. The van der Waals surface area contributed by atoms with Crippen molar-refractivity contribution in [1.29, 1.82) is 0 Å². The highest BCUT2D eigenvalue weighted by Crippen LogP contribution is 2.25. The molecule has 0 N–H and O–H groups in total. The van der Waals surface area contributed by atoms with Gasteiger partial charge < -0.3 is 14.4 Å². The van der Waals surface area contributed by atoms with Crippen molar-refractivity contribution in [2.24, 2.45) is 7.05 Å². The zero-order valence-corrected chi connectivity index (χ0v) is 15.9. The second kappa shape index (κ2) is 8.23. The number of rotatable bonds is 5. The molecule has 1 atom stereocenters. The predicted octanol–water partition coefficient (Wildman–Crippen LogP) is 2.42. The third-order valence-electron chi connectivity index (χ3n) is 5.96. The lowest BCUT2D eigenvalue weighted by Crippen LogP contribution is -2.49. The van der Waals surface area contributed by atoms with E-state index in [-0.39, 0.29) is 0 Å². The molecule has 140 valence electrons. The van der Waals surface area contributed by atoms with Crippen LogP contribution in [0, 0.1) is 0 Å². The minimum Gasteiger partial charge on any atom is -0.369 e. The standard InChI is InChI=1S/C21H31N5/c1-23-11-9-22-21(23)19-6-5-10-25(18-19)13-12-24-14-16-26(17-15-24)20-7-3-2-4-8-20/h2-4,7-9,11,19H,5-6,10,12-18H2,1H3/t19-/m0/s1. The summed E-state index contributed by atoms with van der Waals surface area (Å²) >= 11 is 0. The number of hydrogen-bond acceptors (Lipinski definition) is 4. The summed E-state index contributed by atoms with van der Waals surface area (Å²) in [7, 11) is 2.12. The molecule has 4 rings (SSSR count). The molecule has 0 saturated carbocycles. The van der Waals surface area contributed by atoms with Crippen LogP contribution in [0.3, 0.4) is 0 Å². The van der Waals surface area contributed by atoms with Gasteiger partial charge in [-0.15, -0.1) is 0 Å². The number of anilines is 1. The molecule has 0 aliphatic carbocycles. The number of imidazole rings is 1. The first-order chi connectivity index (χ1) is 12.8. The maximum Gasteiger partial charge on any atom is 0.112 e. The highest BCUT2D eigenvalue weighted by molar-refractivity contribution is 5.46. The first-order valence-corrected chi connectivity index (χ1v) is 10.0. The molecular weight excluding hydrogens is 322 g/mol. The number of para-hydroxylation sites is 1. The molecule has 0 radical (unpaired) electrons. The summed E-state index contributed by atoms with van der Waals surface area (Å²) in [4.78, 5) is 12.4. The van der Waals surface area contributed by atoms with E-state index in [9.17, 15) is 0 Å². The summed E-state index contributed by atoms with van der Waals surface area (Å²) in [6.07, 6.45) is 6.57. The summed E-state index contributed by atoms with van der Waals surface area (Å²) < 4.78 is 2.19. The number of benzene rings is 1. The summed E-state index contributed by atoms with van der Waals surface area (Å²) in [6, 6.07) is 10.8. The molecular formula is C21H31N5. The first kappa shape index (κ1) is 17.6. The highest BCUT2D eigenvalue weighted by Gasteiger charge is 2.25. The number of piperazine rings is 1. The van der Waals surface area contributed by atoms with E-state index in [4.69, 9.17) is 0 Å². The zero-order valence-electron chi connectivity index (χ0n) is 15.9. The molecule has 5 nitrogen and oxygen atoms in total. The van der Waals surface area contributed by atoms with E-state index < -0.39 is 0 Å². The molecule has 3 heterocycles. The molecule has 2 aliphatic rings. The van der Waals surface area contributed by atoms with E-state index in [1.807, 2.05) is 6.20 Å². The molecule has 5 heteroatoms. The third-order valence-corrected chi connectivity index (χ3v) is 5.96. The number of likely N-dealkylation sites (tertiary alicyclic amines) is 1. The fourth-order valence-electron chi connectivity index (χ4n) is 4.39. The van der Waals surface area contributed by atoms with Gasteiger partial charge in [-0.05, 0) is 31.5 Å². The number of hydrogen-bond donors (Lipinski definition) is 0. The van der Waals surface area contributed by atoms with Crippen LogP contribution in [0.5, 0.6) is 0 Å². The molecule has 1 aromatic carbocycles. The van der Waals surface area contributed by atoms with Gasteiger partial charge in [-0.25, -0.2) is 4.98 Å². The van der Waals surface area contributed by atoms with Crippen molar-refractivity contribution in [3.05, 3.63) is 48.5 Å². The maximum atomic E-state index is 4.58. The Morgan fingerprint density at radius 2 is 1.73 bits per heavy atom.